The van der Waals surface area contributed by atoms with Gasteiger partial charge in [0.05, 0.1) is 0 Å². The van der Waals surface area contributed by atoms with Crippen LogP contribution in [0.4, 0.5) is 5.82 Å². The Hall–Kier alpha value is -1.87. The highest BCUT2D eigenvalue weighted by Crippen LogP contribution is 2.26. The fourth-order valence-corrected chi connectivity index (χ4v) is 2.60. The van der Waals surface area contributed by atoms with Gasteiger partial charge in [0.15, 0.2) is 5.16 Å². The molecule has 0 radical (unpaired) electrons. The van der Waals surface area contributed by atoms with Gasteiger partial charge in [-0.2, -0.15) is 0 Å². The van der Waals surface area contributed by atoms with Crippen LogP contribution in [0.2, 0.25) is 0 Å². The van der Waals surface area contributed by atoms with Gasteiger partial charge in [0.25, 0.3) is 0 Å². The molecule has 0 aromatic carbocycles. The zero-order valence-electron chi connectivity index (χ0n) is 10.8. The molecule has 9 heteroatoms. The Morgan fingerprint density at radius 2 is 2.21 bits per heavy atom. The maximum absolute atomic E-state index is 11.6. The van der Waals surface area contributed by atoms with Crippen molar-refractivity contribution >= 4 is 17.6 Å². The maximum Gasteiger partial charge on any atom is 0.344 e. The molecule has 0 fully saturated rings. The number of nitrogen functional groups attached to an aromatic ring is 1. The third-order valence-electron chi connectivity index (χ3n) is 2.35. The fraction of sp³-hybridized carbons (Fsp3) is 0.400. The smallest absolute Gasteiger partial charge is 0.308 e. The van der Waals surface area contributed by atoms with Crippen molar-refractivity contribution in [3.63, 3.8) is 0 Å². The van der Waals surface area contributed by atoms with E-state index in [-0.39, 0.29) is 11.7 Å². The molecule has 0 spiro atoms. The highest BCUT2D eigenvalue weighted by molar-refractivity contribution is 7.99. The van der Waals surface area contributed by atoms with Crippen LogP contribution in [0.3, 0.4) is 0 Å². The number of aromatic amines is 1. The number of nitrogens with one attached hydrogen (secondary N) is 2. The monoisotopic (exact) mass is 281 g/mol. The van der Waals surface area contributed by atoms with Crippen molar-refractivity contribution in [3.8, 4) is 0 Å². The first-order chi connectivity index (χ1) is 9.01. The van der Waals surface area contributed by atoms with Crippen molar-refractivity contribution in [2.75, 3.05) is 5.43 Å². The number of H-pyrrole nitrogens is 1. The zero-order chi connectivity index (χ0) is 14.0. The first kappa shape index (κ1) is 13.6. The van der Waals surface area contributed by atoms with Crippen LogP contribution in [0.1, 0.15) is 25.7 Å². The van der Waals surface area contributed by atoms with E-state index in [0.717, 1.165) is 0 Å². The van der Waals surface area contributed by atoms with Crippen molar-refractivity contribution in [1.82, 2.24) is 24.7 Å². The number of hydrogen-bond donors (Lipinski definition) is 3. The van der Waals surface area contributed by atoms with Crippen LogP contribution >= 0.6 is 11.8 Å². The van der Waals surface area contributed by atoms with Crippen LogP contribution in [-0.4, -0.2) is 24.7 Å². The number of hydrogen-bond acceptors (Lipinski definition) is 7. The van der Waals surface area contributed by atoms with Gasteiger partial charge in [0.2, 0.25) is 0 Å². The van der Waals surface area contributed by atoms with Gasteiger partial charge in [-0.25, -0.2) is 25.7 Å². The van der Waals surface area contributed by atoms with Crippen molar-refractivity contribution in [2.24, 2.45) is 5.84 Å². The van der Waals surface area contributed by atoms with Gasteiger partial charge in [0, 0.05) is 12.1 Å². The lowest BCUT2D eigenvalue weighted by molar-refractivity contribution is 0.534. The highest BCUT2D eigenvalue weighted by atomic mass is 32.2. The minimum atomic E-state index is -0.236. The largest absolute Gasteiger partial charge is 0.344 e. The average Bonchev–Trinajstić information content (AvgIpc) is 2.69. The third-order valence-corrected chi connectivity index (χ3v) is 3.24. The average molecular weight is 281 g/mol. The number of nitrogens with zero attached hydrogens (tertiary/aromatic N) is 4. The molecule has 0 unspecified atom stereocenters. The number of aryl methyl sites for hydroxylation is 1. The predicted octanol–water partition coefficient (Wildman–Crippen LogP) is 0.688. The molecule has 0 amide bonds. The molecular formula is C10H15N7OS. The Morgan fingerprint density at radius 3 is 2.84 bits per heavy atom. The molecule has 0 aliphatic carbocycles. The minimum absolute atomic E-state index is 0.0174. The lowest BCUT2D eigenvalue weighted by Crippen LogP contribution is -2.19. The second-order valence-corrected chi connectivity index (χ2v) is 5.15. The summed E-state index contributed by atoms with van der Waals surface area (Å²) in [4.78, 5) is 20.0. The Bertz CT molecular complexity index is 633. The third kappa shape index (κ3) is 2.93. The van der Waals surface area contributed by atoms with Gasteiger partial charge in [-0.1, -0.05) is 0 Å². The molecule has 0 saturated carbocycles. The van der Waals surface area contributed by atoms with Gasteiger partial charge >= 0.3 is 5.69 Å². The van der Waals surface area contributed by atoms with Gasteiger partial charge in [0.1, 0.15) is 16.7 Å². The van der Waals surface area contributed by atoms with Crippen molar-refractivity contribution in [2.45, 2.75) is 37.0 Å². The fourth-order valence-electron chi connectivity index (χ4n) is 1.58. The molecule has 0 bridgehead atoms. The van der Waals surface area contributed by atoms with E-state index in [1.807, 2.05) is 13.8 Å². The van der Waals surface area contributed by atoms with E-state index in [1.54, 1.807) is 17.6 Å². The van der Waals surface area contributed by atoms with Crippen molar-refractivity contribution < 1.29 is 0 Å². The van der Waals surface area contributed by atoms with Crippen LogP contribution < -0.4 is 17.0 Å². The van der Waals surface area contributed by atoms with Gasteiger partial charge in [-0.3, -0.25) is 4.57 Å². The highest BCUT2D eigenvalue weighted by Gasteiger charge is 2.14. The number of aromatic nitrogens is 5. The Morgan fingerprint density at radius 1 is 1.47 bits per heavy atom. The molecule has 0 atom stereocenters. The lowest BCUT2D eigenvalue weighted by atomic mass is 10.4. The van der Waals surface area contributed by atoms with Gasteiger partial charge < -0.3 is 5.43 Å². The molecule has 102 valence electrons. The van der Waals surface area contributed by atoms with E-state index >= 15 is 0 Å². The standard InChI is InChI=1S/C10H15N7OS/c1-5(2)17-9(18)15-16-10(17)19-8-4-7(14-11)12-6(3)13-8/h4-5H,11H2,1-3H3,(H,15,18)(H,12,13,14). The first-order valence-electron chi connectivity index (χ1n) is 5.68. The molecule has 2 rings (SSSR count). The molecule has 2 aromatic heterocycles. The summed E-state index contributed by atoms with van der Waals surface area (Å²) in [6, 6.07) is 1.71. The van der Waals surface area contributed by atoms with E-state index in [4.69, 9.17) is 5.84 Å². The molecule has 2 heterocycles. The summed E-state index contributed by atoms with van der Waals surface area (Å²) in [5.41, 5.74) is 2.24. The van der Waals surface area contributed by atoms with Crippen molar-refractivity contribution in [3.05, 3.63) is 22.4 Å². The van der Waals surface area contributed by atoms with Gasteiger partial charge in [-0.15, -0.1) is 5.10 Å². The summed E-state index contributed by atoms with van der Waals surface area (Å²) < 4.78 is 1.57. The summed E-state index contributed by atoms with van der Waals surface area (Å²) in [7, 11) is 0. The Labute approximate surface area is 113 Å². The summed E-state index contributed by atoms with van der Waals surface area (Å²) in [6.07, 6.45) is 0. The van der Waals surface area contributed by atoms with E-state index in [2.05, 4.69) is 25.6 Å². The van der Waals surface area contributed by atoms with Crippen LogP contribution in [0, 0.1) is 6.92 Å². The predicted molar refractivity (Wildman–Crippen MR) is 71.9 cm³/mol. The second-order valence-electron chi connectivity index (χ2n) is 4.16. The SMILES string of the molecule is Cc1nc(NN)cc(Sc2n[nH]c(=O)n2C(C)C)n1. The van der Waals surface area contributed by atoms with Crippen LogP contribution in [0.5, 0.6) is 0 Å². The number of nitrogens with two attached hydrogens (primary N) is 1. The molecule has 2 aromatic rings. The van der Waals surface area contributed by atoms with E-state index < -0.39 is 0 Å². The van der Waals surface area contributed by atoms with E-state index in [9.17, 15) is 4.79 Å². The van der Waals surface area contributed by atoms with E-state index in [0.29, 0.717) is 21.8 Å². The van der Waals surface area contributed by atoms with Gasteiger partial charge in [-0.05, 0) is 32.5 Å². The summed E-state index contributed by atoms with van der Waals surface area (Å²) >= 11 is 1.28. The molecule has 4 N–H and O–H groups in total. The molecule has 0 aliphatic heterocycles. The molecule has 8 nitrogen and oxygen atoms in total. The number of hydrazine groups is 1. The maximum atomic E-state index is 11.6. The Kier molecular flexibility index (Phi) is 3.86. The van der Waals surface area contributed by atoms with Crippen molar-refractivity contribution in [1.29, 1.82) is 0 Å². The summed E-state index contributed by atoms with van der Waals surface area (Å²) in [5, 5.41) is 7.65. The number of rotatable bonds is 4. The van der Waals surface area contributed by atoms with Crippen LogP contribution in [0.15, 0.2) is 21.0 Å². The Balaban J connectivity index is 2.36. The molecular weight excluding hydrogens is 266 g/mol. The number of anilines is 1. The topological polar surface area (TPSA) is 115 Å². The zero-order valence-corrected chi connectivity index (χ0v) is 11.7. The summed E-state index contributed by atoms with van der Waals surface area (Å²) in [5.74, 6) is 6.44. The molecule has 0 aliphatic rings. The van der Waals surface area contributed by atoms with Crippen LogP contribution in [0.25, 0.3) is 0 Å². The first-order valence-corrected chi connectivity index (χ1v) is 6.50. The van der Waals surface area contributed by atoms with Crippen LogP contribution in [-0.2, 0) is 0 Å². The summed E-state index contributed by atoms with van der Waals surface area (Å²) in [6.45, 7) is 5.60. The quantitative estimate of drug-likeness (QED) is 0.429. The lowest BCUT2D eigenvalue weighted by Gasteiger charge is -2.08. The second kappa shape index (κ2) is 5.41. The minimum Gasteiger partial charge on any atom is -0.308 e. The van der Waals surface area contributed by atoms with E-state index in [1.165, 1.54) is 11.8 Å². The molecule has 19 heavy (non-hydrogen) atoms. The normalized spacial score (nSPS) is 11.0. The molecule has 0 saturated heterocycles.